The topological polar surface area (TPSA) is 18.5 Å². The van der Waals surface area contributed by atoms with Crippen LogP contribution in [-0.4, -0.2) is 15.5 Å². The zero-order valence-corrected chi connectivity index (χ0v) is 35.4. The second-order valence-electron chi connectivity index (χ2n) is 18.4. The summed E-state index contributed by atoms with van der Waals surface area (Å²) in [6, 6.07) is 77.2. The zero-order chi connectivity index (χ0) is 42.5. The molecule has 0 amide bonds. The Morgan fingerprint density at radius 1 is 0.273 bits per heavy atom. The molecule has 0 atom stereocenters. The van der Waals surface area contributed by atoms with Gasteiger partial charge >= 0.3 is 0 Å². The number of para-hydroxylation sites is 7. The Labute approximate surface area is 378 Å². The highest BCUT2D eigenvalue weighted by atomic mass is 15.2. The Morgan fingerprint density at radius 3 is 1.12 bits per heavy atom. The molecule has 0 unspecified atom stereocenters. The summed E-state index contributed by atoms with van der Waals surface area (Å²) in [4.78, 5) is 7.82. The summed E-state index contributed by atoms with van der Waals surface area (Å²) >= 11 is 0. The molecule has 3 aliphatic rings. The third-order valence-electron chi connectivity index (χ3n) is 15.4. The number of hydrogen-bond acceptors (Lipinski definition) is 3. The molecule has 0 spiro atoms. The predicted octanol–water partition coefficient (Wildman–Crippen LogP) is 13.9. The van der Waals surface area contributed by atoms with Crippen molar-refractivity contribution in [1.29, 1.82) is 0 Å². The minimum Gasteiger partial charge on any atom is -0.311 e. The largest absolute Gasteiger partial charge is 0.311 e. The van der Waals surface area contributed by atoms with Crippen molar-refractivity contribution in [3.8, 4) is 0 Å². The molecule has 10 aromatic carbocycles. The fourth-order valence-electron chi connectivity index (χ4n) is 13.1. The van der Waals surface area contributed by atoms with E-state index in [0.29, 0.717) is 0 Å². The van der Waals surface area contributed by atoms with Crippen LogP contribution in [0.4, 0.5) is 51.2 Å². The maximum Gasteiger partial charge on any atom is 0.257 e. The number of fused-ring (bicyclic) bond motifs is 14. The van der Waals surface area contributed by atoms with Crippen molar-refractivity contribution in [2.75, 3.05) is 14.7 Å². The SMILES string of the molecule is c1ccc(N2c3cccc4c3B3c5c2cc2c(c5N(c5ccccc5)c5c3c(cc3c5c5cccc6c7ccccc7n3c65)N4c3ccccc3)c3cccc4c5ccccc5n2c43)cc1. The molecule has 17 rings (SSSR count). The highest BCUT2D eigenvalue weighted by molar-refractivity contribution is 7.03. The summed E-state index contributed by atoms with van der Waals surface area (Å²) in [5, 5.41) is 10.3. The molecule has 7 heterocycles. The van der Waals surface area contributed by atoms with E-state index in [1.165, 1.54) is 127 Å². The Morgan fingerprint density at radius 2 is 0.652 bits per heavy atom. The van der Waals surface area contributed by atoms with Gasteiger partial charge in [0.1, 0.15) is 0 Å². The zero-order valence-electron chi connectivity index (χ0n) is 35.4. The summed E-state index contributed by atoms with van der Waals surface area (Å²) in [5.41, 5.74) is 22.3. The van der Waals surface area contributed by atoms with Gasteiger partial charge in [-0.25, -0.2) is 0 Å². The van der Waals surface area contributed by atoms with E-state index in [9.17, 15) is 0 Å². The van der Waals surface area contributed by atoms with Gasteiger partial charge in [-0.3, -0.25) is 0 Å². The van der Waals surface area contributed by atoms with Crippen LogP contribution in [0.25, 0.3) is 76.2 Å². The number of hydrogen-bond donors (Lipinski definition) is 0. The van der Waals surface area contributed by atoms with E-state index in [1.807, 2.05) is 0 Å². The average Bonchev–Trinajstić information content (AvgIpc) is 4.11. The molecule has 0 saturated heterocycles. The minimum atomic E-state index is -0.0616. The first kappa shape index (κ1) is 33.8. The van der Waals surface area contributed by atoms with Crippen LogP contribution in [0, 0.1) is 0 Å². The number of rotatable bonds is 3. The van der Waals surface area contributed by atoms with Gasteiger partial charge in [0.25, 0.3) is 6.71 Å². The molecular formula is C60H34BN5. The summed E-state index contributed by atoms with van der Waals surface area (Å²) in [7, 11) is 0. The molecule has 4 aromatic heterocycles. The lowest BCUT2D eigenvalue weighted by atomic mass is 9.31. The van der Waals surface area contributed by atoms with E-state index in [0.717, 1.165) is 17.1 Å². The third kappa shape index (κ3) is 3.79. The van der Waals surface area contributed by atoms with E-state index < -0.39 is 0 Å². The van der Waals surface area contributed by atoms with Crippen LogP contribution in [0.1, 0.15) is 0 Å². The standard InChI is InChI=1S/C60H34BN5/c1-4-17-35(18-5-1)62-46-31-16-32-47-54(46)61-55-50(62)33-48-52(42-27-14-25-40-38-23-10-12-29-44(38)65(48)57(40)42)59(55)64(37-21-8-3-9-22-37)60-53-43-28-15-26-41-39-24-11-13-30-45(39)66(58(41)43)49(53)34-51(56(60)61)63(47)36-19-6-2-7-20-36/h1-34H. The van der Waals surface area contributed by atoms with Crippen LogP contribution < -0.4 is 31.1 Å². The summed E-state index contributed by atoms with van der Waals surface area (Å²) < 4.78 is 5.13. The van der Waals surface area contributed by atoms with Gasteiger partial charge in [-0.15, -0.1) is 0 Å². The smallest absolute Gasteiger partial charge is 0.257 e. The van der Waals surface area contributed by atoms with Crippen LogP contribution in [0.3, 0.4) is 0 Å². The Kier molecular flexibility index (Phi) is 5.98. The molecule has 0 N–H and O–H groups in total. The lowest BCUT2D eigenvalue weighted by Gasteiger charge is -2.49. The van der Waals surface area contributed by atoms with E-state index in [1.54, 1.807) is 0 Å². The average molecular weight is 836 g/mol. The van der Waals surface area contributed by atoms with Crippen molar-refractivity contribution in [3.05, 3.63) is 206 Å². The maximum atomic E-state index is 2.69. The van der Waals surface area contributed by atoms with E-state index >= 15 is 0 Å². The predicted molar refractivity (Wildman–Crippen MR) is 278 cm³/mol. The van der Waals surface area contributed by atoms with Gasteiger partial charge < -0.3 is 23.5 Å². The first-order valence-electron chi connectivity index (χ1n) is 23.0. The second-order valence-corrected chi connectivity index (χ2v) is 18.4. The number of nitrogens with zero attached hydrogens (tertiary/aromatic N) is 5. The molecule has 6 heteroatoms. The Hall–Kier alpha value is -8.74. The summed E-state index contributed by atoms with van der Waals surface area (Å²) in [6.45, 7) is -0.0616. The van der Waals surface area contributed by atoms with Crippen molar-refractivity contribution in [2.45, 2.75) is 0 Å². The van der Waals surface area contributed by atoms with Crippen molar-refractivity contribution in [3.63, 3.8) is 0 Å². The minimum absolute atomic E-state index is 0.0616. The first-order valence-corrected chi connectivity index (χ1v) is 23.0. The molecule has 0 aliphatic carbocycles. The van der Waals surface area contributed by atoms with E-state index in [-0.39, 0.29) is 6.71 Å². The van der Waals surface area contributed by atoms with Crippen molar-refractivity contribution >= 4 is 150 Å². The van der Waals surface area contributed by atoms with Gasteiger partial charge in [0.2, 0.25) is 0 Å². The van der Waals surface area contributed by atoms with Gasteiger partial charge in [-0.2, -0.15) is 0 Å². The fourth-order valence-corrected chi connectivity index (χ4v) is 13.1. The fraction of sp³-hybridized carbons (Fsp3) is 0. The molecule has 66 heavy (non-hydrogen) atoms. The van der Waals surface area contributed by atoms with Gasteiger partial charge in [0.05, 0.1) is 44.5 Å². The first-order chi connectivity index (χ1) is 32.8. The highest BCUT2D eigenvalue weighted by Gasteiger charge is 2.51. The summed E-state index contributed by atoms with van der Waals surface area (Å²) in [5.74, 6) is 0. The van der Waals surface area contributed by atoms with E-state index in [4.69, 9.17) is 0 Å². The maximum absolute atomic E-state index is 2.69. The number of anilines is 9. The number of aromatic nitrogens is 2. The molecule has 0 radical (unpaired) electrons. The monoisotopic (exact) mass is 835 g/mol. The Bertz CT molecular complexity index is 4160. The quantitative estimate of drug-likeness (QED) is 0.165. The lowest BCUT2D eigenvalue weighted by molar-refractivity contribution is 1.23. The molecule has 3 aliphatic heterocycles. The van der Waals surface area contributed by atoms with Crippen molar-refractivity contribution < 1.29 is 0 Å². The van der Waals surface area contributed by atoms with Gasteiger partial charge in [0.15, 0.2) is 0 Å². The normalized spacial score (nSPS) is 13.9. The molecule has 0 bridgehead atoms. The van der Waals surface area contributed by atoms with Crippen LogP contribution in [0.15, 0.2) is 206 Å². The van der Waals surface area contributed by atoms with Crippen LogP contribution in [-0.2, 0) is 0 Å². The van der Waals surface area contributed by atoms with Gasteiger partial charge in [-0.1, -0.05) is 133 Å². The molecular weight excluding hydrogens is 802 g/mol. The molecule has 302 valence electrons. The van der Waals surface area contributed by atoms with Crippen molar-refractivity contribution in [1.82, 2.24) is 8.80 Å². The highest BCUT2D eigenvalue weighted by Crippen LogP contribution is 2.57. The lowest BCUT2D eigenvalue weighted by Crippen LogP contribution is -2.65. The summed E-state index contributed by atoms with van der Waals surface area (Å²) in [6.07, 6.45) is 0. The Balaban J connectivity index is 1.16. The molecule has 5 nitrogen and oxygen atoms in total. The van der Waals surface area contributed by atoms with Crippen LogP contribution >= 0.6 is 0 Å². The second kappa shape index (κ2) is 11.7. The third-order valence-corrected chi connectivity index (χ3v) is 15.4. The number of benzene rings is 10. The molecule has 0 saturated carbocycles. The van der Waals surface area contributed by atoms with Crippen molar-refractivity contribution in [2.24, 2.45) is 0 Å². The van der Waals surface area contributed by atoms with Gasteiger partial charge in [-0.05, 0) is 89.2 Å². The molecule has 0 fully saturated rings. The molecule has 14 aromatic rings. The van der Waals surface area contributed by atoms with Crippen LogP contribution in [0.2, 0.25) is 0 Å². The van der Waals surface area contributed by atoms with Crippen LogP contribution in [0.5, 0.6) is 0 Å². The van der Waals surface area contributed by atoms with E-state index in [2.05, 4.69) is 230 Å². The van der Waals surface area contributed by atoms with Gasteiger partial charge in [0, 0.05) is 82.9 Å².